The highest BCUT2D eigenvalue weighted by molar-refractivity contribution is 9.10. The zero-order chi connectivity index (χ0) is 23.5. The number of ether oxygens (including phenoxy) is 1. The van der Waals surface area contributed by atoms with Crippen LogP contribution in [-0.4, -0.2) is 28.0 Å². The van der Waals surface area contributed by atoms with E-state index in [9.17, 15) is 14.4 Å². The van der Waals surface area contributed by atoms with Crippen molar-refractivity contribution in [3.63, 3.8) is 0 Å². The lowest BCUT2D eigenvalue weighted by molar-refractivity contribution is -0.118. The number of rotatable bonds is 6. The number of esters is 1. The number of carbonyl (C=O) groups is 2. The smallest absolute Gasteiger partial charge is 0.338 e. The lowest BCUT2D eigenvalue weighted by atomic mass is 10.1. The predicted octanol–water partition coefficient (Wildman–Crippen LogP) is 5.26. The maximum absolute atomic E-state index is 13.3. The Labute approximate surface area is 202 Å². The molecule has 4 rings (SSSR count). The van der Waals surface area contributed by atoms with Gasteiger partial charge in [-0.05, 0) is 55.8 Å². The highest BCUT2D eigenvalue weighted by atomic mass is 79.9. The molecule has 1 atom stereocenters. The summed E-state index contributed by atoms with van der Waals surface area (Å²) in [5, 5.41) is 5.17. The SMILES string of the molecule is CCOC(=O)c1ccc(NC(=O)C(C)n2cnc3scc(-c4ccc(Br)cc4)c3c2=O)cc1. The minimum absolute atomic E-state index is 0.278. The van der Waals surface area contributed by atoms with Crippen molar-refractivity contribution in [1.82, 2.24) is 9.55 Å². The summed E-state index contributed by atoms with van der Waals surface area (Å²) in [6.07, 6.45) is 1.40. The zero-order valence-electron chi connectivity index (χ0n) is 17.9. The topological polar surface area (TPSA) is 90.3 Å². The molecule has 0 fully saturated rings. The molecule has 0 aliphatic carbocycles. The number of amides is 1. The van der Waals surface area contributed by atoms with Crippen LogP contribution in [0.25, 0.3) is 21.3 Å². The molecule has 7 nitrogen and oxygen atoms in total. The van der Waals surface area contributed by atoms with Crippen LogP contribution in [0.2, 0.25) is 0 Å². The van der Waals surface area contributed by atoms with Crippen LogP contribution in [0, 0.1) is 0 Å². The van der Waals surface area contributed by atoms with Gasteiger partial charge >= 0.3 is 5.97 Å². The van der Waals surface area contributed by atoms with Crippen LogP contribution in [0.4, 0.5) is 5.69 Å². The van der Waals surface area contributed by atoms with Gasteiger partial charge < -0.3 is 10.1 Å². The van der Waals surface area contributed by atoms with Gasteiger partial charge in [0.15, 0.2) is 0 Å². The van der Waals surface area contributed by atoms with Crippen molar-refractivity contribution in [2.24, 2.45) is 0 Å². The number of hydrogen-bond donors (Lipinski definition) is 1. The van der Waals surface area contributed by atoms with E-state index in [1.807, 2.05) is 29.6 Å². The standard InChI is InChI=1S/C24H20BrN3O4S/c1-3-32-24(31)16-6-10-18(11-7-16)27-21(29)14(2)28-13-26-22-20(23(28)30)19(12-33-22)15-4-8-17(25)9-5-15/h4-14H,3H2,1-2H3,(H,27,29). The Kier molecular flexibility index (Phi) is 6.71. The van der Waals surface area contributed by atoms with Crippen LogP contribution in [0.15, 0.2) is 69.5 Å². The summed E-state index contributed by atoms with van der Waals surface area (Å²) in [4.78, 5) is 43.0. The monoisotopic (exact) mass is 525 g/mol. The summed E-state index contributed by atoms with van der Waals surface area (Å²) in [6, 6.07) is 13.3. The molecule has 4 aromatic rings. The molecule has 2 aromatic carbocycles. The Morgan fingerprint density at radius 1 is 1.15 bits per heavy atom. The molecular formula is C24H20BrN3O4S. The molecule has 2 aromatic heterocycles. The highest BCUT2D eigenvalue weighted by Gasteiger charge is 2.20. The average Bonchev–Trinajstić information content (AvgIpc) is 3.25. The van der Waals surface area contributed by atoms with Crippen molar-refractivity contribution in [2.75, 3.05) is 11.9 Å². The van der Waals surface area contributed by atoms with Crippen LogP contribution in [-0.2, 0) is 9.53 Å². The average molecular weight is 526 g/mol. The first-order chi connectivity index (χ1) is 15.9. The van der Waals surface area contributed by atoms with Gasteiger partial charge in [-0.1, -0.05) is 28.1 Å². The normalized spacial score (nSPS) is 11.8. The number of nitrogens with zero attached hydrogens (tertiary/aromatic N) is 2. The number of aromatic nitrogens is 2. The largest absolute Gasteiger partial charge is 0.462 e. The van der Waals surface area contributed by atoms with Gasteiger partial charge in [0.1, 0.15) is 10.9 Å². The van der Waals surface area contributed by atoms with E-state index in [2.05, 4.69) is 26.2 Å². The van der Waals surface area contributed by atoms with E-state index in [-0.39, 0.29) is 18.1 Å². The summed E-state index contributed by atoms with van der Waals surface area (Å²) >= 11 is 4.81. The Hall–Kier alpha value is -3.30. The van der Waals surface area contributed by atoms with Crippen molar-refractivity contribution in [1.29, 1.82) is 0 Å². The number of thiophene rings is 1. The van der Waals surface area contributed by atoms with Gasteiger partial charge in [-0.2, -0.15) is 0 Å². The van der Waals surface area contributed by atoms with Crippen LogP contribution in [0.3, 0.4) is 0 Å². The van der Waals surface area contributed by atoms with Gasteiger partial charge in [0.25, 0.3) is 5.56 Å². The fourth-order valence-electron chi connectivity index (χ4n) is 3.34. The lowest BCUT2D eigenvalue weighted by Gasteiger charge is -2.15. The number of fused-ring (bicyclic) bond motifs is 1. The minimum atomic E-state index is -0.795. The van der Waals surface area contributed by atoms with Crippen LogP contribution in [0.5, 0.6) is 0 Å². The molecule has 1 unspecified atom stereocenters. The zero-order valence-corrected chi connectivity index (χ0v) is 20.3. The molecular weight excluding hydrogens is 506 g/mol. The highest BCUT2D eigenvalue weighted by Crippen LogP contribution is 2.31. The van der Waals surface area contributed by atoms with Crippen LogP contribution < -0.4 is 10.9 Å². The quantitative estimate of drug-likeness (QED) is 0.346. The summed E-state index contributed by atoms with van der Waals surface area (Å²) < 4.78 is 7.24. The molecule has 1 N–H and O–H groups in total. The second-order valence-electron chi connectivity index (χ2n) is 7.26. The number of nitrogens with one attached hydrogen (secondary N) is 1. The second kappa shape index (κ2) is 9.68. The summed E-state index contributed by atoms with van der Waals surface area (Å²) in [7, 11) is 0. The maximum Gasteiger partial charge on any atom is 0.338 e. The number of carbonyl (C=O) groups excluding carboxylic acids is 2. The van der Waals surface area contributed by atoms with E-state index in [4.69, 9.17) is 4.74 Å². The third kappa shape index (κ3) is 4.74. The van der Waals surface area contributed by atoms with Crippen LogP contribution in [0.1, 0.15) is 30.2 Å². The van der Waals surface area contributed by atoms with Crippen LogP contribution >= 0.6 is 27.3 Å². The van der Waals surface area contributed by atoms with Gasteiger partial charge in [0.2, 0.25) is 5.91 Å². The fraction of sp³-hybridized carbons (Fsp3) is 0.167. The Morgan fingerprint density at radius 2 is 1.85 bits per heavy atom. The Morgan fingerprint density at radius 3 is 2.52 bits per heavy atom. The van der Waals surface area contributed by atoms with Gasteiger partial charge in [0, 0.05) is 21.1 Å². The van der Waals surface area contributed by atoms with E-state index < -0.39 is 12.0 Å². The lowest BCUT2D eigenvalue weighted by Crippen LogP contribution is -2.31. The molecule has 168 valence electrons. The van der Waals surface area contributed by atoms with E-state index >= 15 is 0 Å². The minimum Gasteiger partial charge on any atom is -0.462 e. The van der Waals surface area contributed by atoms with Gasteiger partial charge in [-0.15, -0.1) is 11.3 Å². The molecule has 0 aliphatic rings. The Balaban J connectivity index is 1.59. The van der Waals surface area contributed by atoms with Crippen molar-refractivity contribution in [2.45, 2.75) is 19.9 Å². The maximum atomic E-state index is 13.3. The van der Waals surface area contributed by atoms with E-state index in [1.165, 1.54) is 22.2 Å². The van der Waals surface area contributed by atoms with E-state index in [0.717, 1.165) is 15.6 Å². The number of anilines is 1. The van der Waals surface area contributed by atoms with Crippen molar-refractivity contribution in [3.8, 4) is 11.1 Å². The molecule has 0 aliphatic heterocycles. The number of benzene rings is 2. The Bertz CT molecular complexity index is 1380. The number of halogens is 1. The first kappa shape index (κ1) is 22.9. The van der Waals surface area contributed by atoms with Crippen molar-refractivity contribution < 1.29 is 14.3 Å². The molecule has 0 saturated carbocycles. The molecule has 0 saturated heterocycles. The molecule has 0 bridgehead atoms. The summed E-state index contributed by atoms with van der Waals surface area (Å²) in [6.45, 7) is 3.67. The second-order valence-corrected chi connectivity index (χ2v) is 9.03. The third-order valence-electron chi connectivity index (χ3n) is 5.13. The van der Waals surface area contributed by atoms with E-state index in [0.29, 0.717) is 21.5 Å². The van der Waals surface area contributed by atoms with Crippen molar-refractivity contribution in [3.05, 3.63) is 80.6 Å². The summed E-state index contributed by atoms with van der Waals surface area (Å²) in [5.41, 5.74) is 2.32. The van der Waals surface area contributed by atoms with Gasteiger partial charge in [0.05, 0.1) is 23.9 Å². The van der Waals surface area contributed by atoms with Gasteiger partial charge in [-0.25, -0.2) is 9.78 Å². The fourth-order valence-corrected chi connectivity index (χ4v) is 4.51. The first-order valence-corrected chi connectivity index (χ1v) is 11.9. The predicted molar refractivity (Wildman–Crippen MR) is 133 cm³/mol. The van der Waals surface area contributed by atoms with Crippen molar-refractivity contribution >= 4 is 55.0 Å². The molecule has 0 spiro atoms. The molecule has 0 radical (unpaired) electrons. The van der Waals surface area contributed by atoms with Gasteiger partial charge in [-0.3, -0.25) is 14.2 Å². The molecule has 33 heavy (non-hydrogen) atoms. The molecule has 2 heterocycles. The summed E-state index contributed by atoms with van der Waals surface area (Å²) in [5.74, 6) is -0.797. The molecule has 1 amide bonds. The first-order valence-electron chi connectivity index (χ1n) is 10.2. The number of hydrogen-bond acceptors (Lipinski definition) is 6. The third-order valence-corrected chi connectivity index (χ3v) is 6.55. The molecule has 9 heteroatoms. The van der Waals surface area contributed by atoms with E-state index in [1.54, 1.807) is 38.1 Å².